The van der Waals surface area contributed by atoms with Crippen LogP contribution in [0.1, 0.15) is 54.6 Å². The Morgan fingerprint density at radius 1 is 1.09 bits per heavy atom. The molecule has 0 spiro atoms. The van der Waals surface area contributed by atoms with Crippen LogP contribution in [-0.4, -0.2) is 57.1 Å². The van der Waals surface area contributed by atoms with Crippen molar-refractivity contribution in [3.8, 4) is 5.75 Å². The molecule has 2 aromatic rings. The van der Waals surface area contributed by atoms with Crippen molar-refractivity contribution >= 4 is 27.5 Å². The molecule has 1 atom stereocenters. The molecule has 8 nitrogen and oxygen atoms in total. The zero-order chi connectivity index (χ0) is 24.1. The summed E-state index contributed by atoms with van der Waals surface area (Å²) in [4.78, 5) is 27.5. The van der Waals surface area contributed by atoms with E-state index in [0.717, 1.165) is 41.5 Å². The van der Waals surface area contributed by atoms with Gasteiger partial charge in [-0.2, -0.15) is 0 Å². The number of rotatable bonds is 8. The number of anilines is 1. The molecule has 2 aromatic carbocycles. The molecule has 2 saturated heterocycles. The number of amides is 2. The second-order valence-corrected chi connectivity index (χ2v) is 10.5. The van der Waals surface area contributed by atoms with Gasteiger partial charge in [0, 0.05) is 18.5 Å². The van der Waals surface area contributed by atoms with Gasteiger partial charge in [-0.15, -0.1) is 0 Å². The number of sulfonamides is 1. The first kappa shape index (κ1) is 24.2. The summed E-state index contributed by atoms with van der Waals surface area (Å²) in [5.41, 5.74) is 1.62. The molecule has 2 aliphatic heterocycles. The van der Waals surface area contributed by atoms with Crippen LogP contribution >= 0.6 is 0 Å². The zero-order valence-electron chi connectivity index (χ0n) is 19.4. The smallest absolute Gasteiger partial charge is 0.251 e. The van der Waals surface area contributed by atoms with Gasteiger partial charge < -0.3 is 10.1 Å². The Labute approximate surface area is 200 Å². The van der Waals surface area contributed by atoms with Crippen molar-refractivity contribution in [2.24, 2.45) is 0 Å². The number of nitrogens with one attached hydrogen (secondary N) is 1. The van der Waals surface area contributed by atoms with Crippen molar-refractivity contribution in [1.29, 1.82) is 0 Å². The minimum Gasteiger partial charge on any atom is -0.494 e. The minimum absolute atomic E-state index is 0.0173. The number of likely N-dealkylation sites (tertiary alicyclic amines) is 1. The van der Waals surface area contributed by atoms with Crippen molar-refractivity contribution in [1.82, 2.24) is 10.2 Å². The predicted octanol–water partition coefficient (Wildman–Crippen LogP) is 3.11. The van der Waals surface area contributed by atoms with Gasteiger partial charge in [0.05, 0.1) is 24.1 Å². The number of hydrogen-bond donors (Lipinski definition) is 1. The average Bonchev–Trinajstić information content (AvgIpc) is 3.13. The summed E-state index contributed by atoms with van der Waals surface area (Å²) >= 11 is 0. The summed E-state index contributed by atoms with van der Waals surface area (Å²) in [6.45, 7) is 4.91. The van der Waals surface area contributed by atoms with Crippen LogP contribution in [0.4, 0.5) is 5.69 Å². The molecule has 2 amide bonds. The molecule has 2 heterocycles. The fraction of sp³-hybridized carbons (Fsp3) is 0.440. The molecular weight excluding hydrogens is 454 g/mol. The Hall–Kier alpha value is -2.91. The molecule has 2 fully saturated rings. The predicted molar refractivity (Wildman–Crippen MR) is 130 cm³/mol. The quantitative estimate of drug-likeness (QED) is 0.617. The minimum atomic E-state index is -3.68. The first-order chi connectivity index (χ1) is 16.4. The first-order valence-electron chi connectivity index (χ1n) is 11.8. The van der Waals surface area contributed by atoms with Gasteiger partial charge in [-0.1, -0.05) is 24.6 Å². The fourth-order valence-corrected chi connectivity index (χ4v) is 6.03. The Balaban J connectivity index is 1.50. The van der Waals surface area contributed by atoms with Crippen molar-refractivity contribution in [3.05, 3.63) is 59.7 Å². The van der Waals surface area contributed by atoms with Crippen molar-refractivity contribution in [2.75, 3.05) is 36.3 Å². The Kier molecular flexibility index (Phi) is 7.53. The number of benzene rings is 2. The maximum absolute atomic E-state index is 13.0. The van der Waals surface area contributed by atoms with Crippen LogP contribution in [-0.2, 0) is 14.8 Å². The molecule has 4 rings (SSSR count). The number of carbonyl (C=O) groups is 2. The van der Waals surface area contributed by atoms with Crippen LogP contribution < -0.4 is 14.4 Å². The maximum atomic E-state index is 13.0. The van der Waals surface area contributed by atoms with E-state index in [9.17, 15) is 18.0 Å². The lowest BCUT2D eigenvalue weighted by Gasteiger charge is -2.35. The van der Waals surface area contributed by atoms with Crippen molar-refractivity contribution in [3.63, 3.8) is 0 Å². The zero-order valence-corrected chi connectivity index (χ0v) is 20.2. The van der Waals surface area contributed by atoms with Gasteiger partial charge >= 0.3 is 0 Å². The number of ether oxygens (including phenoxy) is 1. The topological polar surface area (TPSA) is 96.0 Å². The third-order valence-electron chi connectivity index (χ3n) is 6.28. The van der Waals surface area contributed by atoms with Gasteiger partial charge in [0.2, 0.25) is 15.9 Å². The van der Waals surface area contributed by atoms with E-state index in [2.05, 4.69) is 10.2 Å². The molecule has 1 N–H and O–H groups in total. The highest BCUT2D eigenvalue weighted by molar-refractivity contribution is 7.94. The molecule has 0 radical (unpaired) electrons. The molecule has 182 valence electrons. The van der Waals surface area contributed by atoms with Crippen LogP contribution in [0.25, 0.3) is 0 Å². The summed E-state index contributed by atoms with van der Waals surface area (Å²) in [5.74, 6) is -0.171. The van der Waals surface area contributed by atoms with E-state index in [-0.39, 0.29) is 29.8 Å². The van der Waals surface area contributed by atoms with E-state index in [1.165, 1.54) is 18.6 Å². The Morgan fingerprint density at radius 3 is 2.47 bits per heavy atom. The highest BCUT2D eigenvalue weighted by Crippen LogP contribution is 2.28. The number of carbonyl (C=O) groups excluding carboxylic acids is 2. The van der Waals surface area contributed by atoms with E-state index >= 15 is 0 Å². The average molecular weight is 486 g/mol. The number of hydrogen-bond acceptors (Lipinski definition) is 6. The lowest BCUT2D eigenvalue weighted by Crippen LogP contribution is -2.40. The molecule has 0 aliphatic carbocycles. The highest BCUT2D eigenvalue weighted by atomic mass is 32.2. The SMILES string of the molecule is CCOc1ccc(C(CNC(=O)c2cccc(N3C(=O)CCS3(=O)=O)c2)N2CCCCC2)cc1. The van der Waals surface area contributed by atoms with Gasteiger partial charge in [-0.3, -0.25) is 14.5 Å². The van der Waals surface area contributed by atoms with E-state index in [1.807, 2.05) is 31.2 Å². The molecular formula is C25H31N3O5S. The molecule has 34 heavy (non-hydrogen) atoms. The molecule has 0 saturated carbocycles. The second-order valence-electron chi connectivity index (χ2n) is 8.60. The summed E-state index contributed by atoms with van der Waals surface area (Å²) < 4.78 is 30.9. The van der Waals surface area contributed by atoms with E-state index in [0.29, 0.717) is 18.7 Å². The molecule has 0 bridgehead atoms. The third kappa shape index (κ3) is 5.42. The van der Waals surface area contributed by atoms with Gasteiger partial charge in [0.25, 0.3) is 5.91 Å². The lowest BCUT2D eigenvalue weighted by molar-refractivity contribution is -0.116. The van der Waals surface area contributed by atoms with Gasteiger partial charge in [-0.25, -0.2) is 12.7 Å². The van der Waals surface area contributed by atoms with E-state index in [4.69, 9.17) is 4.74 Å². The van der Waals surface area contributed by atoms with E-state index < -0.39 is 15.9 Å². The summed E-state index contributed by atoms with van der Waals surface area (Å²) in [6, 6.07) is 14.2. The number of piperidine rings is 1. The first-order valence-corrected chi connectivity index (χ1v) is 13.4. The normalized spacial score (nSPS) is 19.1. The highest BCUT2D eigenvalue weighted by Gasteiger charge is 2.36. The number of nitrogens with zero attached hydrogens (tertiary/aromatic N) is 2. The second kappa shape index (κ2) is 10.6. The van der Waals surface area contributed by atoms with Gasteiger partial charge in [0.1, 0.15) is 5.75 Å². The van der Waals surface area contributed by atoms with Crippen LogP contribution in [0, 0.1) is 0 Å². The van der Waals surface area contributed by atoms with Crippen LogP contribution in [0.2, 0.25) is 0 Å². The maximum Gasteiger partial charge on any atom is 0.251 e. The Morgan fingerprint density at radius 2 is 1.82 bits per heavy atom. The summed E-state index contributed by atoms with van der Waals surface area (Å²) in [6.07, 6.45) is 3.42. The van der Waals surface area contributed by atoms with Crippen LogP contribution in [0.3, 0.4) is 0 Å². The van der Waals surface area contributed by atoms with Gasteiger partial charge in [-0.05, 0) is 68.8 Å². The summed E-state index contributed by atoms with van der Waals surface area (Å²) in [5, 5.41) is 3.02. The molecule has 9 heteroatoms. The van der Waals surface area contributed by atoms with Crippen LogP contribution in [0.15, 0.2) is 48.5 Å². The lowest BCUT2D eigenvalue weighted by atomic mass is 10.0. The largest absolute Gasteiger partial charge is 0.494 e. The Bertz CT molecular complexity index is 1130. The van der Waals surface area contributed by atoms with Gasteiger partial charge in [0.15, 0.2) is 0 Å². The van der Waals surface area contributed by atoms with E-state index in [1.54, 1.807) is 12.1 Å². The third-order valence-corrected chi connectivity index (χ3v) is 7.98. The standard InChI is InChI=1S/C25H31N3O5S/c1-2-33-22-11-9-19(10-12-22)23(27-14-4-3-5-15-27)18-26-25(30)20-7-6-8-21(17-20)28-24(29)13-16-34(28,31)32/h6-12,17,23H,2-5,13-16,18H2,1H3,(H,26,30). The molecule has 1 unspecified atom stereocenters. The monoisotopic (exact) mass is 485 g/mol. The molecule has 0 aromatic heterocycles. The van der Waals surface area contributed by atoms with Crippen molar-refractivity contribution in [2.45, 2.75) is 38.6 Å². The molecule has 2 aliphatic rings. The summed E-state index contributed by atoms with van der Waals surface area (Å²) in [7, 11) is -3.68. The van der Waals surface area contributed by atoms with Crippen molar-refractivity contribution < 1.29 is 22.7 Å². The van der Waals surface area contributed by atoms with Crippen LogP contribution in [0.5, 0.6) is 5.75 Å². The fourth-order valence-electron chi connectivity index (χ4n) is 4.57.